The van der Waals surface area contributed by atoms with Crippen molar-refractivity contribution < 1.29 is 17.8 Å². The summed E-state index contributed by atoms with van der Waals surface area (Å²) >= 11 is 0. The van der Waals surface area contributed by atoms with Crippen LogP contribution < -0.4 is 15.0 Å². The Morgan fingerprint density at radius 3 is 2.20 bits per heavy atom. The van der Waals surface area contributed by atoms with E-state index >= 15 is 0 Å². The molecule has 0 unspecified atom stereocenters. The molecule has 7 heteroatoms. The molecule has 0 fully saturated rings. The average molecular weight is 362 g/mol. The van der Waals surface area contributed by atoms with Crippen molar-refractivity contribution in [3.05, 3.63) is 59.9 Å². The maximum atomic E-state index is 12.0. The van der Waals surface area contributed by atoms with Crippen molar-refractivity contribution in [3.63, 3.8) is 0 Å². The number of sulfonamides is 1. The van der Waals surface area contributed by atoms with Crippen LogP contribution in [-0.4, -0.2) is 20.9 Å². The zero-order valence-electron chi connectivity index (χ0n) is 14.3. The minimum absolute atomic E-state index is 0.0607. The van der Waals surface area contributed by atoms with Gasteiger partial charge in [-0.15, -0.1) is 0 Å². The number of primary sulfonamides is 1. The Bertz CT molecular complexity index is 800. The van der Waals surface area contributed by atoms with Crippen LogP contribution in [0, 0.1) is 0 Å². The summed E-state index contributed by atoms with van der Waals surface area (Å²) in [6.07, 6.45) is 6.59. The fourth-order valence-corrected chi connectivity index (χ4v) is 2.98. The monoisotopic (exact) mass is 362 g/mol. The first-order chi connectivity index (χ1) is 11.9. The van der Waals surface area contributed by atoms with Gasteiger partial charge in [0.05, 0.1) is 4.90 Å². The molecule has 0 bridgehead atoms. The van der Waals surface area contributed by atoms with Crippen LogP contribution >= 0.6 is 0 Å². The highest BCUT2D eigenvalue weighted by atomic mass is 32.2. The summed E-state index contributed by atoms with van der Waals surface area (Å²) in [5, 5.41) is 7.92. The number of hydrogen-bond donors (Lipinski definition) is 2. The second-order valence-corrected chi connectivity index (χ2v) is 7.48. The molecular formula is C18H24N3O3S+. The molecule has 2 rings (SSSR count). The quantitative estimate of drug-likeness (QED) is 0.684. The molecule has 2 aromatic rings. The number of rotatable bonds is 8. The maximum Gasteiger partial charge on any atom is 0.285 e. The number of carbonyl (C=O) groups excluding carboxylic acids is 1. The fourth-order valence-electron chi connectivity index (χ4n) is 2.46. The summed E-state index contributed by atoms with van der Waals surface area (Å²) in [4.78, 5) is 12.1. The molecule has 1 heterocycles. The van der Waals surface area contributed by atoms with E-state index in [1.54, 1.807) is 12.1 Å². The Balaban J connectivity index is 1.78. The third-order valence-corrected chi connectivity index (χ3v) is 4.74. The van der Waals surface area contributed by atoms with Gasteiger partial charge < -0.3 is 5.32 Å². The zero-order chi connectivity index (χ0) is 18.3. The van der Waals surface area contributed by atoms with Crippen LogP contribution in [0.5, 0.6) is 0 Å². The predicted octanol–water partition coefficient (Wildman–Crippen LogP) is 0.933. The fraction of sp³-hybridized carbons (Fsp3) is 0.333. The van der Waals surface area contributed by atoms with E-state index in [-0.39, 0.29) is 17.3 Å². The first-order valence-electron chi connectivity index (χ1n) is 8.25. The lowest BCUT2D eigenvalue weighted by molar-refractivity contribution is -0.684. The molecule has 0 saturated heterocycles. The molecule has 1 aromatic carbocycles. The number of amides is 1. The van der Waals surface area contributed by atoms with E-state index in [4.69, 9.17) is 5.14 Å². The van der Waals surface area contributed by atoms with E-state index in [9.17, 15) is 13.2 Å². The topological polar surface area (TPSA) is 93.1 Å². The predicted molar refractivity (Wildman–Crippen MR) is 95.2 cm³/mol. The molecule has 0 aliphatic carbocycles. The van der Waals surface area contributed by atoms with E-state index in [0.717, 1.165) is 18.4 Å². The molecule has 0 aliphatic heterocycles. The van der Waals surface area contributed by atoms with E-state index in [1.165, 1.54) is 17.7 Å². The van der Waals surface area contributed by atoms with Gasteiger partial charge in [-0.05, 0) is 36.1 Å². The van der Waals surface area contributed by atoms with Crippen LogP contribution in [0.4, 0.5) is 0 Å². The zero-order valence-corrected chi connectivity index (χ0v) is 15.1. The Labute approximate surface area is 148 Å². The van der Waals surface area contributed by atoms with Crippen molar-refractivity contribution in [2.75, 3.05) is 6.54 Å². The summed E-state index contributed by atoms with van der Waals surface area (Å²) in [6, 6.07) is 10.4. The lowest BCUT2D eigenvalue weighted by atomic mass is 10.1. The van der Waals surface area contributed by atoms with Gasteiger partial charge in [0, 0.05) is 18.7 Å². The number of pyridine rings is 1. The van der Waals surface area contributed by atoms with Crippen LogP contribution in [-0.2, 0) is 34.2 Å². The minimum Gasteiger partial charge on any atom is -0.350 e. The summed E-state index contributed by atoms with van der Waals surface area (Å²) < 4.78 is 24.2. The Hall–Kier alpha value is -2.25. The molecule has 3 N–H and O–H groups in total. The Kier molecular flexibility index (Phi) is 6.66. The summed E-state index contributed by atoms with van der Waals surface area (Å²) in [5.41, 5.74) is 2.20. The molecule has 0 radical (unpaired) electrons. The molecule has 134 valence electrons. The van der Waals surface area contributed by atoms with Gasteiger partial charge in [0.2, 0.25) is 16.6 Å². The highest BCUT2D eigenvalue weighted by Gasteiger charge is 2.09. The first kappa shape index (κ1) is 19.1. The molecule has 0 spiro atoms. The summed E-state index contributed by atoms with van der Waals surface area (Å²) in [5.74, 6) is -0.0607. The van der Waals surface area contributed by atoms with Gasteiger partial charge in [-0.25, -0.2) is 13.6 Å². The molecular weight excluding hydrogens is 338 g/mol. The second kappa shape index (κ2) is 8.73. The lowest BCUT2D eigenvalue weighted by Crippen LogP contribution is -2.42. The van der Waals surface area contributed by atoms with Crippen LogP contribution in [0.1, 0.15) is 24.5 Å². The van der Waals surface area contributed by atoms with Gasteiger partial charge in [-0.3, -0.25) is 4.79 Å². The first-order valence-corrected chi connectivity index (χ1v) is 9.79. The third kappa shape index (κ3) is 6.28. The van der Waals surface area contributed by atoms with Crippen molar-refractivity contribution in [2.24, 2.45) is 5.14 Å². The van der Waals surface area contributed by atoms with Crippen LogP contribution in [0.2, 0.25) is 0 Å². The minimum atomic E-state index is -3.67. The van der Waals surface area contributed by atoms with E-state index in [0.29, 0.717) is 13.0 Å². The van der Waals surface area contributed by atoms with Crippen LogP contribution in [0.15, 0.2) is 53.7 Å². The van der Waals surface area contributed by atoms with Crippen molar-refractivity contribution in [1.29, 1.82) is 0 Å². The van der Waals surface area contributed by atoms with Gasteiger partial charge in [0.25, 0.3) is 5.91 Å². The lowest BCUT2D eigenvalue weighted by Gasteiger charge is -2.05. The number of aryl methyl sites for hydroxylation is 1. The van der Waals surface area contributed by atoms with Gasteiger partial charge in [-0.1, -0.05) is 25.5 Å². The van der Waals surface area contributed by atoms with Gasteiger partial charge in [-0.2, -0.15) is 4.57 Å². The number of nitrogens with two attached hydrogens (primary N) is 1. The molecule has 1 amide bonds. The van der Waals surface area contributed by atoms with Gasteiger partial charge >= 0.3 is 0 Å². The Morgan fingerprint density at radius 1 is 1.04 bits per heavy atom. The second-order valence-electron chi connectivity index (χ2n) is 5.92. The number of aromatic nitrogens is 1. The smallest absolute Gasteiger partial charge is 0.285 e. The summed E-state index contributed by atoms with van der Waals surface area (Å²) in [7, 11) is -3.67. The maximum absolute atomic E-state index is 12.0. The number of nitrogens with zero attached hydrogens (tertiary/aromatic N) is 1. The number of benzene rings is 1. The standard InChI is InChI=1S/C18H23N3O3S/c1-2-3-15-9-12-21(13-10-15)14-18(22)20-11-8-16-4-6-17(7-5-16)25(19,23)24/h4-7,9-10,12-13H,2-3,8,11,14H2,1H3,(H2-,19,20,22,23,24)/p+1. The largest absolute Gasteiger partial charge is 0.350 e. The molecule has 25 heavy (non-hydrogen) atoms. The number of nitrogens with one attached hydrogen (secondary N) is 1. The normalized spacial score (nSPS) is 11.3. The van der Waals surface area contributed by atoms with E-state index < -0.39 is 10.0 Å². The molecule has 0 atom stereocenters. The molecule has 0 saturated carbocycles. The van der Waals surface area contributed by atoms with Crippen molar-refractivity contribution >= 4 is 15.9 Å². The van der Waals surface area contributed by atoms with Gasteiger partial charge in [0.1, 0.15) is 0 Å². The molecule has 6 nitrogen and oxygen atoms in total. The van der Waals surface area contributed by atoms with Gasteiger partial charge in [0.15, 0.2) is 12.4 Å². The van der Waals surface area contributed by atoms with Crippen molar-refractivity contribution in [3.8, 4) is 0 Å². The van der Waals surface area contributed by atoms with E-state index in [2.05, 4.69) is 12.2 Å². The molecule has 0 aliphatic rings. The number of hydrogen-bond acceptors (Lipinski definition) is 3. The number of carbonyl (C=O) groups is 1. The Morgan fingerprint density at radius 2 is 1.64 bits per heavy atom. The average Bonchev–Trinajstić information content (AvgIpc) is 2.56. The third-order valence-electron chi connectivity index (χ3n) is 3.81. The SMILES string of the molecule is CCCc1cc[n+](CC(=O)NCCc2ccc(S(N)(=O)=O)cc2)cc1. The van der Waals surface area contributed by atoms with Crippen LogP contribution in [0.3, 0.4) is 0 Å². The highest BCUT2D eigenvalue weighted by Crippen LogP contribution is 2.08. The van der Waals surface area contributed by atoms with Crippen LogP contribution in [0.25, 0.3) is 0 Å². The van der Waals surface area contributed by atoms with Crippen molar-refractivity contribution in [1.82, 2.24) is 5.32 Å². The molecule has 1 aromatic heterocycles. The van der Waals surface area contributed by atoms with Crippen molar-refractivity contribution in [2.45, 2.75) is 37.6 Å². The highest BCUT2D eigenvalue weighted by molar-refractivity contribution is 7.89. The van der Waals surface area contributed by atoms with E-state index in [1.807, 2.05) is 29.1 Å². The summed E-state index contributed by atoms with van der Waals surface area (Å²) in [6.45, 7) is 2.90.